The van der Waals surface area contributed by atoms with Crippen LogP contribution in [-0.2, 0) is 0 Å². The zero-order chi connectivity index (χ0) is 22.7. The van der Waals surface area contributed by atoms with Gasteiger partial charge in [-0.15, -0.1) is 0 Å². The maximum absolute atomic E-state index is 13.3. The maximum Gasteiger partial charge on any atom is 0.412 e. The van der Waals surface area contributed by atoms with E-state index in [9.17, 15) is 9.59 Å². The Bertz CT molecular complexity index is 880. The van der Waals surface area contributed by atoms with Crippen LogP contribution in [0.3, 0.4) is 0 Å². The van der Waals surface area contributed by atoms with Gasteiger partial charge >= 0.3 is 12.1 Å². The minimum absolute atomic E-state index is 0.0596. The Morgan fingerprint density at radius 3 is 2.16 bits per heavy atom. The van der Waals surface area contributed by atoms with Gasteiger partial charge in [-0.2, -0.15) is 0 Å². The number of urea groups is 1. The number of fused-ring (bicyclic) bond motifs is 1. The van der Waals surface area contributed by atoms with Gasteiger partial charge < -0.3 is 15.4 Å². The van der Waals surface area contributed by atoms with Gasteiger partial charge in [-0.1, -0.05) is 44.6 Å². The predicted molar refractivity (Wildman–Crippen MR) is 128 cm³/mol. The highest BCUT2D eigenvalue weighted by Gasteiger charge is 2.37. The highest BCUT2D eigenvalue weighted by molar-refractivity contribution is 5.99. The van der Waals surface area contributed by atoms with Crippen LogP contribution in [0.15, 0.2) is 24.3 Å². The number of hydrogen-bond donors (Lipinski definition) is 2. The minimum atomic E-state index is -0.448. The molecule has 3 aliphatic rings. The number of nitrogens with one attached hydrogen (secondary N) is 2. The Labute approximate surface area is 191 Å². The molecule has 3 amide bonds. The Morgan fingerprint density at radius 2 is 1.53 bits per heavy atom. The van der Waals surface area contributed by atoms with Crippen molar-refractivity contribution in [2.24, 2.45) is 0 Å². The van der Waals surface area contributed by atoms with Crippen LogP contribution in [0.5, 0.6) is 5.75 Å². The van der Waals surface area contributed by atoms with E-state index in [4.69, 9.17) is 4.74 Å². The molecule has 1 aliphatic heterocycles. The van der Waals surface area contributed by atoms with Gasteiger partial charge in [0.25, 0.3) is 0 Å². The Kier molecular flexibility index (Phi) is 6.77. The Hall–Kier alpha value is -2.50. The second-order valence-electron chi connectivity index (χ2n) is 10.1. The van der Waals surface area contributed by atoms with Gasteiger partial charge in [0, 0.05) is 17.6 Å². The number of nitrogens with zero attached hydrogens (tertiary/aromatic N) is 1. The number of carbonyl (C=O) groups is 2. The third-order valence-electron chi connectivity index (χ3n) is 7.05. The van der Waals surface area contributed by atoms with Crippen LogP contribution in [0.2, 0.25) is 0 Å². The molecule has 0 spiro atoms. The van der Waals surface area contributed by atoms with Gasteiger partial charge in [-0.05, 0) is 70.2 Å². The average Bonchev–Trinajstić information content (AvgIpc) is 2.75. The summed E-state index contributed by atoms with van der Waals surface area (Å²) in [6, 6.07) is 5.95. The molecule has 2 saturated carbocycles. The Balaban J connectivity index is 1.50. The summed E-state index contributed by atoms with van der Waals surface area (Å²) < 4.78 is 5.60. The molecule has 0 saturated heterocycles. The highest BCUT2D eigenvalue weighted by atomic mass is 16.6. The van der Waals surface area contributed by atoms with Gasteiger partial charge in [0.05, 0.1) is 11.2 Å². The van der Waals surface area contributed by atoms with Crippen molar-refractivity contribution in [3.8, 4) is 5.75 Å². The van der Waals surface area contributed by atoms with Crippen molar-refractivity contribution >= 4 is 23.4 Å². The summed E-state index contributed by atoms with van der Waals surface area (Å²) in [7, 11) is 0. The lowest BCUT2D eigenvalue weighted by atomic mass is 9.89. The molecule has 2 N–H and O–H groups in total. The molecule has 2 aliphatic carbocycles. The molecule has 0 aromatic heterocycles. The van der Waals surface area contributed by atoms with E-state index < -0.39 is 11.6 Å². The molecule has 0 bridgehead atoms. The summed E-state index contributed by atoms with van der Waals surface area (Å²) in [6.07, 6.45) is 13.0. The zero-order valence-electron chi connectivity index (χ0n) is 19.7. The first-order chi connectivity index (χ1) is 15.3. The second-order valence-corrected chi connectivity index (χ2v) is 10.1. The van der Waals surface area contributed by atoms with Gasteiger partial charge in [0.2, 0.25) is 0 Å². The van der Waals surface area contributed by atoms with Gasteiger partial charge in [0.15, 0.2) is 0 Å². The zero-order valence-corrected chi connectivity index (χ0v) is 19.7. The van der Waals surface area contributed by atoms with Crippen LogP contribution in [-0.4, -0.2) is 29.7 Å². The number of allylic oxidation sites excluding steroid dienone is 1. The molecule has 6 nitrogen and oxygen atoms in total. The molecule has 6 heteroatoms. The summed E-state index contributed by atoms with van der Waals surface area (Å²) in [5.41, 5.74) is 2.40. The molecule has 0 atom stereocenters. The van der Waals surface area contributed by atoms with Crippen molar-refractivity contribution in [3.05, 3.63) is 29.8 Å². The maximum atomic E-state index is 13.3. The molecular formula is C26H37N3O3. The fraction of sp³-hybridized carbons (Fsp3) is 0.615. The van der Waals surface area contributed by atoms with E-state index >= 15 is 0 Å². The van der Waals surface area contributed by atoms with E-state index in [-0.39, 0.29) is 18.1 Å². The first-order valence-corrected chi connectivity index (χ1v) is 12.3. The van der Waals surface area contributed by atoms with Crippen molar-refractivity contribution < 1.29 is 14.3 Å². The summed E-state index contributed by atoms with van der Waals surface area (Å²) in [4.78, 5) is 27.6. The molecule has 1 aromatic rings. The van der Waals surface area contributed by atoms with Crippen LogP contribution < -0.4 is 20.3 Å². The quantitative estimate of drug-likeness (QED) is 0.593. The minimum Gasteiger partial charge on any atom is -0.410 e. The van der Waals surface area contributed by atoms with Crippen LogP contribution in [0, 0.1) is 0 Å². The standard InChI is InChI=1S/C26H37N3O3/c1-18-17-26(2,3)29(24(30)27-19-10-6-4-7-11-19)23-15-14-21(16-22(18)23)32-25(31)28-20-12-8-5-9-13-20/h14-17,19-20H,4-13H2,1-3H3,(H,27,30)(H,28,31). The largest absolute Gasteiger partial charge is 0.412 e. The second kappa shape index (κ2) is 9.55. The van der Waals surface area contributed by atoms with E-state index in [0.29, 0.717) is 5.75 Å². The molecule has 2 fully saturated rings. The number of hydrogen-bond acceptors (Lipinski definition) is 3. The topological polar surface area (TPSA) is 70.7 Å². The van der Waals surface area contributed by atoms with Gasteiger partial charge in [0.1, 0.15) is 5.75 Å². The monoisotopic (exact) mass is 439 g/mol. The first kappa shape index (κ1) is 22.7. The molecule has 1 heterocycles. The third-order valence-corrected chi connectivity index (χ3v) is 7.05. The summed E-state index contributed by atoms with van der Waals surface area (Å²) >= 11 is 0. The number of carbonyl (C=O) groups excluding carboxylic acids is 2. The number of benzene rings is 1. The van der Waals surface area contributed by atoms with Crippen molar-refractivity contribution in [1.29, 1.82) is 0 Å². The van der Waals surface area contributed by atoms with Gasteiger partial charge in [-0.25, -0.2) is 9.59 Å². The highest BCUT2D eigenvalue weighted by Crippen LogP contribution is 2.40. The van der Waals surface area contributed by atoms with E-state index in [1.54, 1.807) is 6.07 Å². The molecule has 174 valence electrons. The molecular weight excluding hydrogens is 402 g/mol. The number of rotatable bonds is 3. The van der Waals surface area contributed by atoms with Crippen molar-refractivity contribution in [1.82, 2.24) is 10.6 Å². The summed E-state index contributed by atoms with van der Waals surface area (Å²) in [5.74, 6) is 0.497. The number of ether oxygens (including phenoxy) is 1. The van der Waals surface area contributed by atoms with Gasteiger partial charge in [-0.3, -0.25) is 4.90 Å². The molecule has 32 heavy (non-hydrogen) atoms. The smallest absolute Gasteiger partial charge is 0.410 e. The van der Waals surface area contributed by atoms with Crippen molar-refractivity contribution in [2.75, 3.05) is 4.90 Å². The molecule has 0 radical (unpaired) electrons. The predicted octanol–water partition coefficient (Wildman–Crippen LogP) is 6.15. The van der Waals surface area contributed by atoms with E-state index in [2.05, 4.69) is 30.6 Å². The average molecular weight is 440 g/mol. The van der Waals surface area contributed by atoms with Crippen molar-refractivity contribution in [2.45, 2.75) is 103 Å². The van der Waals surface area contributed by atoms with Crippen LogP contribution >= 0.6 is 0 Å². The number of amides is 3. The molecule has 1 aromatic carbocycles. The lowest BCUT2D eigenvalue weighted by Gasteiger charge is -2.42. The van der Waals surface area contributed by atoms with E-state index in [1.807, 2.05) is 24.0 Å². The normalized spacial score (nSPS) is 21.3. The van der Waals surface area contributed by atoms with Crippen molar-refractivity contribution in [3.63, 3.8) is 0 Å². The SMILES string of the molecule is CC1=CC(C)(C)N(C(=O)NC2CCCCC2)c2ccc(OC(=O)NC3CCCCC3)cc21. The Morgan fingerprint density at radius 1 is 0.938 bits per heavy atom. The summed E-state index contributed by atoms with van der Waals surface area (Å²) in [6.45, 7) is 6.16. The molecule has 4 rings (SSSR count). The van der Waals surface area contributed by atoms with E-state index in [0.717, 1.165) is 55.3 Å². The van der Waals surface area contributed by atoms with Crippen LogP contribution in [0.25, 0.3) is 5.57 Å². The third kappa shape index (κ3) is 5.11. The first-order valence-electron chi connectivity index (χ1n) is 12.3. The van der Waals surface area contributed by atoms with Crippen LogP contribution in [0.4, 0.5) is 15.3 Å². The van der Waals surface area contributed by atoms with Crippen LogP contribution in [0.1, 0.15) is 90.5 Å². The van der Waals surface area contributed by atoms with E-state index in [1.165, 1.54) is 25.7 Å². The summed E-state index contributed by atoms with van der Waals surface area (Å²) in [5, 5.41) is 6.25. The fourth-order valence-corrected chi connectivity index (χ4v) is 5.48. The number of anilines is 1. The lowest BCUT2D eigenvalue weighted by molar-refractivity contribution is 0.192. The lowest BCUT2D eigenvalue weighted by Crippen LogP contribution is -2.55. The fourth-order valence-electron chi connectivity index (χ4n) is 5.48. The molecule has 0 unspecified atom stereocenters.